The Morgan fingerprint density at radius 2 is 1.94 bits per heavy atom. The minimum atomic E-state index is -3.26. The number of halogens is 1. The molecule has 1 aliphatic heterocycles. The molecule has 0 aromatic carbocycles. The third-order valence-corrected chi connectivity index (χ3v) is 5.72. The van der Waals surface area contributed by atoms with E-state index in [0.29, 0.717) is 38.5 Å². The van der Waals surface area contributed by atoms with Gasteiger partial charge in [-0.2, -0.15) is 0 Å². The van der Waals surface area contributed by atoms with Gasteiger partial charge in [0.2, 0.25) is 15.9 Å². The fraction of sp³-hybridized carbons (Fsp3) is 0.909. The SMILES string of the molecule is CC(=O)N1CCCN(S(=O)(=O)CC(C)CCl)CC1. The molecule has 1 fully saturated rings. The molecule has 1 rings (SSSR count). The van der Waals surface area contributed by atoms with Crippen molar-refractivity contribution in [2.45, 2.75) is 20.3 Å². The summed E-state index contributed by atoms with van der Waals surface area (Å²) in [6, 6.07) is 0. The molecule has 0 aromatic heterocycles. The second-order valence-corrected chi connectivity index (χ2v) is 7.12. The van der Waals surface area contributed by atoms with Gasteiger partial charge in [0.1, 0.15) is 0 Å². The Kier molecular flexibility index (Phi) is 5.88. The zero-order chi connectivity index (χ0) is 13.8. The molecule has 1 aliphatic rings. The van der Waals surface area contributed by atoms with E-state index in [4.69, 9.17) is 11.6 Å². The molecule has 0 radical (unpaired) electrons. The zero-order valence-corrected chi connectivity index (χ0v) is 12.5. The third kappa shape index (κ3) is 4.40. The van der Waals surface area contributed by atoms with Gasteiger partial charge in [-0.1, -0.05) is 6.92 Å². The van der Waals surface area contributed by atoms with E-state index in [-0.39, 0.29) is 17.6 Å². The number of hydrogen-bond acceptors (Lipinski definition) is 3. The van der Waals surface area contributed by atoms with Crippen LogP contribution in [0.4, 0.5) is 0 Å². The van der Waals surface area contributed by atoms with Crippen molar-refractivity contribution in [3.63, 3.8) is 0 Å². The highest BCUT2D eigenvalue weighted by molar-refractivity contribution is 7.89. The molecule has 106 valence electrons. The van der Waals surface area contributed by atoms with Crippen LogP contribution in [-0.4, -0.2) is 61.3 Å². The summed E-state index contributed by atoms with van der Waals surface area (Å²) in [5.41, 5.74) is 0. The minimum Gasteiger partial charge on any atom is -0.342 e. The molecule has 5 nitrogen and oxygen atoms in total. The highest BCUT2D eigenvalue weighted by Gasteiger charge is 2.27. The summed E-state index contributed by atoms with van der Waals surface area (Å²) in [6.07, 6.45) is 0.689. The summed E-state index contributed by atoms with van der Waals surface area (Å²) < 4.78 is 25.8. The maximum atomic E-state index is 12.1. The fourth-order valence-electron chi connectivity index (χ4n) is 2.00. The van der Waals surface area contributed by atoms with E-state index in [0.717, 1.165) is 0 Å². The van der Waals surface area contributed by atoms with Gasteiger partial charge >= 0.3 is 0 Å². The molecule has 1 unspecified atom stereocenters. The summed E-state index contributed by atoms with van der Waals surface area (Å²) in [5, 5.41) is 0. The number of carbonyl (C=O) groups is 1. The first-order valence-electron chi connectivity index (χ1n) is 6.16. The van der Waals surface area contributed by atoms with E-state index in [1.54, 1.807) is 4.90 Å². The van der Waals surface area contributed by atoms with Crippen LogP contribution >= 0.6 is 11.6 Å². The summed E-state index contributed by atoms with van der Waals surface area (Å²) >= 11 is 5.66. The Morgan fingerprint density at radius 3 is 2.50 bits per heavy atom. The van der Waals surface area contributed by atoms with Crippen molar-refractivity contribution < 1.29 is 13.2 Å². The zero-order valence-electron chi connectivity index (χ0n) is 10.9. The second kappa shape index (κ2) is 6.73. The van der Waals surface area contributed by atoms with Crippen LogP contribution < -0.4 is 0 Å². The maximum absolute atomic E-state index is 12.1. The maximum Gasteiger partial charge on any atom is 0.219 e. The normalized spacial score (nSPS) is 20.5. The van der Waals surface area contributed by atoms with Gasteiger partial charge in [-0.15, -0.1) is 11.6 Å². The van der Waals surface area contributed by atoms with Crippen molar-refractivity contribution >= 4 is 27.5 Å². The molecule has 1 atom stereocenters. The number of sulfonamides is 1. The van der Waals surface area contributed by atoms with E-state index >= 15 is 0 Å². The molecule has 18 heavy (non-hydrogen) atoms. The van der Waals surface area contributed by atoms with Crippen molar-refractivity contribution in [1.29, 1.82) is 0 Å². The Balaban J connectivity index is 2.64. The first-order valence-corrected chi connectivity index (χ1v) is 8.30. The van der Waals surface area contributed by atoms with Crippen LogP contribution in [0.2, 0.25) is 0 Å². The lowest BCUT2D eigenvalue weighted by Gasteiger charge is -2.22. The number of hydrogen-bond donors (Lipinski definition) is 0. The molecule has 0 aliphatic carbocycles. The molecule has 0 spiro atoms. The van der Waals surface area contributed by atoms with Crippen LogP contribution in [0.3, 0.4) is 0 Å². The lowest BCUT2D eigenvalue weighted by molar-refractivity contribution is -0.128. The molecule has 0 saturated carbocycles. The molecule has 1 saturated heterocycles. The Bertz CT molecular complexity index is 386. The van der Waals surface area contributed by atoms with Crippen LogP contribution in [0, 0.1) is 5.92 Å². The van der Waals surface area contributed by atoms with E-state index in [2.05, 4.69) is 0 Å². The van der Waals surface area contributed by atoms with Crippen molar-refractivity contribution in [2.24, 2.45) is 5.92 Å². The molecular weight excluding hydrogens is 276 g/mol. The van der Waals surface area contributed by atoms with Crippen molar-refractivity contribution in [3.05, 3.63) is 0 Å². The monoisotopic (exact) mass is 296 g/mol. The molecule has 0 N–H and O–H groups in total. The van der Waals surface area contributed by atoms with E-state index < -0.39 is 10.0 Å². The largest absolute Gasteiger partial charge is 0.342 e. The van der Waals surface area contributed by atoms with E-state index in [1.807, 2.05) is 6.92 Å². The highest BCUT2D eigenvalue weighted by atomic mass is 35.5. The van der Waals surface area contributed by atoms with Crippen LogP contribution in [0.5, 0.6) is 0 Å². The fourth-order valence-corrected chi connectivity index (χ4v) is 4.05. The van der Waals surface area contributed by atoms with E-state index in [1.165, 1.54) is 11.2 Å². The topological polar surface area (TPSA) is 57.7 Å². The van der Waals surface area contributed by atoms with Crippen molar-refractivity contribution in [1.82, 2.24) is 9.21 Å². The van der Waals surface area contributed by atoms with Gasteiger partial charge in [0.05, 0.1) is 5.75 Å². The summed E-state index contributed by atoms with van der Waals surface area (Å²) in [6.45, 7) is 5.32. The minimum absolute atomic E-state index is 0.00312. The quantitative estimate of drug-likeness (QED) is 0.719. The molecule has 0 bridgehead atoms. The van der Waals surface area contributed by atoms with Crippen LogP contribution in [-0.2, 0) is 14.8 Å². The Labute approximate surface area is 114 Å². The van der Waals surface area contributed by atoms with Crippen molar-refractivity contribution in [2.75, 3.05) is 37.8 Å². The molecule has 7 heteroatoms. The lowest BCUT2D eigenvalue weighted by atomic mass is 10.3. The molecule has 1 heterocycles. The summed E-state index contributed by atoms with van der Waals surface area (Å²) in [7, 11) is -3.26. The number of alkyl halides is 1. The van der Waals surface area contributed by atoms with Gasteiger partial charge in [-0.3, -0.25) is 4.79 Å². The lowest BCUT2D eigenvalue weighted by Crippen LogP contribution is -2.38. The van der Waals surface area contributed by atoms with Gasteiger partial charge in [-0.05, 0) is 12.3 Å². The average Bonchev–Trinajstić information content (AvgIpc) is 2.54. The van der Waals surface area contributed by atoms with E-state index in [9.17, 15) is 13.2 Å². The Hall–Kier alpha value is -0.330. The predicted molar refractivity (Wildman–Crippen MR) is 72.1 cm³/mol. The number of amides is 1. The van der Waals surface area contributed by atoms with Gasteiger partial charge in [0, 0.05) is 39.0 Å². The smallest absolute Gasteiger partial charge is 0.219 e. The highest BCUT2D eigenvalue weighted by Crippen LogP contribution is 2.12. The summed E-state index contributed by atoms with van der Waals surface area (Å²) in [5.74, 6) is 0.371. The van der Waals surface area contributed by atoms with Crippen LogP contribution in [0.25, 0.3) is 0 Å². The standard InChI is InChI=1S/C11H21ClN2O3S/c1-10(8-12)9-18(16,17)14-5-3-4-13(6-7-14)11(2)15/h10H,3-9H2,1-2H3. The van der Waals surface area contributed by atoms with Gasteiger partial charge in [0.15, 0.2) is 0 Å². The Morgan fingerprint density at radius 1 is 1.28 bits per heavy atom. The van der Waals surface area contributed by atoms with Crippen molar-refractivity contribution in [3.8, 4) is 0 Å². The first-order chi connectivity index (χ1) is 8.36. The van der Waals surface area contributed by atoms with Gasteiger partial charge in [-0.25, -0.2) is 12.7 Å². The van der Waals surface area contributed by atoms with Gasteiger partial charge < -0.3 is 4.90 Å². The summed E-state index contributed by atoms with van der Waals surface area (Å²) in [4.78, 5) is 13.0. The van der Waals surface area contributed by atoms with Gasteiger partial charge in [0.25, 0.3) is 0 Å². The number of rotatable bonds is 4. The van der Waals surface area contributed by atoms with Crippen LogP contribution in [0.15, 0.2) is 0 Å². The number of carbonyl (C=O) groups excluding carboxylic acids is 1. The first kappa shape index (κ1) is 15.7. The second-order valence-electron chi connectivity index (χ2n) is 4.80. The third-order valence-electron chi connectivity index (χ3n) is 3.05. The molecule has 0 aromatic rings. The molecular formula is C11H21ClN2O3S. The number of nitrogens with zero attached hydrogens (tertiary/aromatic N) is 2. The predicted octanol–water partition coefficient (Wildman–Crippen LogP) is 0.745. The van der Waals surface area contributed by atoms with Crippen LogP contribution in [0.1, 0.15) is 20.3 Å². The molecule has 1 amide bonds. The average molecular weight is 297 g/mol.